The fourth-order valence-electron chi connectivity index (χ4n) is 1.48. The quantitative estimate of drug-likeness (QED) is 0.597. The molecule has 1 aromatic carbocycles. The molecule has 1 aromatic rings. The second-order valence-electron chi connectivity index (χ2n) is 4.41. The van der Waals surface area contributed by atoms with Crippen molar-refractivity contribution in [2.24, 2.45) is 0 Å². The Labute approximate surface area is 132 Å². The first-order valence-corrected chi connectivity index (χ1v) is 7.96. The third-order valence-corrected chi connectivity index (χ3v) is 4.13. The number of carbonyl (C=O) groups is 2. The first kappa shape index (κ1) is 18.8. The summed E-state index contributed by atoms with van der Waals surface area (Å²) >= 11 is 0. The van der Waals surface area contributed by atoms with Gasteiger partial charge in [-0.3, -0.25) is 4.79 Å². The number of amides is 1. The highest BCUT2D eigenvalue weighted by Gasteiger charge is 2.27. The summed E-state index contributed by atoms with van der Waals surface area (Å²) in [5.41, 5.74) is -0.0680. The van der Waals surface area contributed by atoms with E-state index in [1.165, 1.54) is 13.0 Å². The van der Waals surface area contributed by atoms with Gasteiger partial charge >= 0.3 is 11.7 Å². The molecule has 0 heterocycles. The van der Waals surface area contributed by atoms with E-state index in [2.05, 4.69) is 11.9 Å². The number of nitrogens with one attached hydrogen (secondary N) is 1. The van der Waals surface area contributed by atoms with Crippen molar-refractivity contribution in [3.05, 3.63) is 42.5 Å². The van der Waals surface area contributed by atoms with Gasteiger partial charge in [-0.2, -0.15) is 8.78 Å². The fourth-order valence-corrected chi connectivity index (χ4v) is 2.20. The van der Waals surface area contributed by atoms with Crippen molar-refractivity contribution < 1.29 is 31.5 Å². The van der Waals surface area contributed by atoms with Gasteiger partial charge in [-0.1, -0.05) is 6.08 Å². The average molecular weight is 347 g/mol. The second kappa shape index (κ2) is 7.82. The molecule has 6 nitrogen and oxygen atoms in total. The van der Waals surface area contributed by atoms with Crippen LogP contribution in [0.25, 0.3) is 0 Å². The molecule has 9 heteroatoms. The molecule has 0 saturated carbocycles. The van der Waals surface area contributed by atoms with Gasteiger partial charge in [-0.05, 0) is 31.2 Å². The summed E-state index contributed by atoms with van der Waals surface area (Å²) in [4.78, 5) is 22.7. The Morgan fingerprint density at radius 2 is 1.87 bits per heavy atom. The number of halogens is 2. The monoisotopic (exact) mass is 347 g/mol. The Morgan fingerprint density at radius 1 is 1.30 bits per heavy atom. The molecule has 0 aromatic heterocycles. The van der Waals surface area contributed by atoms with Gasteiger partial charge in [0.15, 0.2) is 6.10 Å². The van der Waals surface area contributed by atoms with Crippen molar-refractivity contribution in [1.29, 1.82) is 0 Å². The molecule has 0 aliphatic rings. The van der Waals surface area contributed by atoms with Crippen LogP contribution in [-0.2, 0) is 19.4 Å². The van der Waals surface area contributed by atoms with Crippen LogP contribution in [0.2, 0.25) is 0 Å². The van der Waals surface area contributed by atoms with Gasteiger partial charge in [0.2, 0.25) is 9.84 Å². The number of carbonyl (C=O) groups excluding carboxylic acids is 2. The number of rotatable bonds is 7. The molecule has 0 unspecified atom stereocenters. The average Bonchev–Trinajstić information content (AvgIpc) is 2.52. The van der Waals surface area contributed by atoms with Crippen molar-refractivity contribution in [3.63, 3.8) is 0 Å². The van der Waals surface area contributed by atoms with Crippen LogP contribution in [0.15, 0.2) is 41.8 Å². The Balaban J connectivity index is 2.79. The maximum Gasteiger partial charge on any atom is 0.341 e. The number of hydrogen-bond acceptors (Lipinski definition) is 5. The number of alkyl halides is 2. The van der Waals surface area contributed by atoms with Crippen molar-refractivity contribution in [3.8, 4) is 0 Å². The van der Waals surface area contributed by atoms with E-state index in [0.29, 0.717) is 0 Å². The molecule has 1 rings (SSSR count). The topological polar surface area (TPSA) is 89.5 Å². The van der Waals surface area contributed by atoms with Crippen LogP contribution in [-0.4, -0.2) is 38.7 Å². The van der Waals surface area contributed by atoms with E-state index in [9.17, 15) is 26.8 Å². The highest BCUT2D eigenvalue weighted by Crippen LogP contribution is 2.19. The first-order chi connectivity index (χ1) is 10.7. The number of sulfone groups is 1. The summed E-state index contributed by atoms with van der Waals surface area (Å²) in [7, 11) is -4.73. The van der Waals surface area contributed by atoms with Crippen LogP contribution in [0, 0.1) is 0 Å². The predicted octanol–water partition coefficient (Wildman–Crippen LogP) is 1.53. The van der Waals surface area contributed by atoms with E-state index in [0.717, 1.165) is 24.3 Å². The minimum atomic E-state index is -4.73. The van der Waals surface area contributed by atoms with E-state index in [-0.39, 0.29) is 12.1 Å². The second-order valence-corrected chi connectivity index (χ2v) is 6.33. The highest BCUT2D eigenvalue weighted by atomic mass is 32.2. The minimum absolute atomic E-state index is 0.0680. The molecule has 0 saturated heterocycles. The number of benzene rings is 1. The van der Waals surface area contributed by atoms with E-state index >= 15 is 0 Å². The van der Waals surface area contributed by atoms with Crippen LogP contribution in [0.4, 0.5) is 8.78 Å². The molecular formula is C14H15F2NO5S. The smallest absolute Gasteiger partial charge is 0.341 e. The maximum absolute atomic E-state index is 12.4. The Hall–Kier alpha value is -2.29. The SMILES string of the molecule is C=CCNC(=O)[C@@H](C)OC(=O)c1ccc(S(=O)(=O)C(F)F)cc1. The van der Waals surface area contributed by atoms with E-state index in [4.69, 9.17) is 4.74 Å². The zero-order valence-electron chi connectivity index (χ0n) is 12.2. The van der Waals surface area contributed by atoms with Crippen molar-refractivity contribution in [1.82, 2.24) is 5.32 Å². The van der Waals surface area contributed by atoms with Gasteiger partial charge < -0.3 is 10.1 Å². The lowest BCUT2D eigenvalue weighted by molar-refractivity contribution is -0.128. The van der Waals surface area contributed by atoms with Crippen LogP contribution >= 0.6 is 0 Å². The molecule has 1 amide bonds. The molecule has 23 heavy (non-hydrogen) atoms. The zero-order chi connectivity index (χ0) is 17.6. The Bertz CT molecular complexity index is 686. The predicted molar refractivity (Wildman–Crippen MR) is 77.7 cm³/mol. The molecular weight excluding hydrogens is 332 g/mol. The van der Waals surface area contributed by atoms with E-state index in [1.807, 2.05) is 0 Å². The lowest BCUT2D eigenvalue weighted by atomic mass is 10.2. The maximum atomic E-state index is 12.4. The van der Waals surface area contributed by atoms with E-state index < -0.39 is 38.5 Å². The highest BCUT2D eigenvalue weighted by molar-refractivity contribution is 7.91. The van der Waals surface area contributed by atoms with Crippen LogP contribution < -0.4 is 5.32 Å². The number of esters is 1. The van der Waals surface area contributed by atoms with Crippen molar-refractivity contribution >= 4 is 21.7 Å². The normalized spacial score (nSPS) is 12.5. The molecule has 0 bridgehead atoms. The Kier molecular flexibility index (Phi) is 6.38. The van der Waals surface area contributed by atoms with Gasteiger partial charge in [0.05, 0.1) is 10.5 Å². The minimum Gasteiger partial charge on any atom is -0.449 e. The third kappa shape index (κ3) is 4.85. The molecule has 1 N–H and O–H groups in total. The number of ether oxygens (including phenoxy) is 1. The van der Waals surface area contributed by atoms with Gasteiger partial charge in [0.25, 0.3) is 5.91 Å². The summed E-state index contributed by atoms with van der Waals surface area (Å²) < 4.78 is 52.2. The number of hydrogen-bond donors (Lipinski definition) is 1. The summed E-state index contributed by atoms with van der Waals surface area (Å²) in [6.07, 6.45) is 0.376. The lowest BCUT2D eigenvalue weighted by Gasteiger charge is -2.13. The summed E-state index contributed by atoms with van der Waals surface area (Å²) in [5.74, 6) is -4.96. The molecule has 1 atom stereocenters. The van der Waals surface area contributed by atoms with Gasteiger partial charge in [-0.15, -0.1) is 6.58 Å². The van der Waals surface area contributed by atoms with Gasteiger partial charge in [-0.25, -0.2) is 13.2 Å². The first-order valence-electron chi connectivity index (χ1n) is 6.42. The summed E-state index contributed by atoms with van der Waals surface area (Å²) in [5, 5.41) is 2.43. The largest absolute Gasteiger partial charge is 0.449 e. The molecule has 0 aliphatic heterocycles. The van der Waals surface area contributed by atoms with Crippen molar-refractivity contribution in [2.75, 3.05) is 6.54 Å². The lowest BCUT2D eigenvalue weighted by Crippen LogP contribution is -2.35. The van der Waals surface area contributed by atoms with Crippen LogP contribution in [0.5, 0.6) is 0 Å². The third-order valence-electron chi connectivity index (χ3n) is 2.73. The summed E-state index contributed by atoms with van der Waals surface area (Å²) in [6, 6.07) is 3.82. The standard InChI is InChI=1S/C14H15F2NO5S/c1-3-8-17-12(18)9(2)22-13(19)10-4-6-11(7-5-10)23(20,21)14(15)16/h3-7,9,14H,1,8H2,2H3,(H,17,18)/t9-/m1/s1. The molecule has 0 radical (unpaired) electrons. The summed E-state index contributed by atoms with van der Waals surface area (Å²) in [6.45, 7) is 4.98. The molecule has 126 valence electrons. The van der Waals surface area contributed by atoms with E-state index in [1.54, 1.807) is 0 Å². The fraction of sp³-hybridized carbons (Fsp3) is 0.286. The zero-order valence-corrected chi connectivity index (χ0v) is 13.0. The molecule has 0 spiro atoms. The molecule has 0 fully saturated rings. The van der Waals surface area contributed by atoms with Gasteiger partial charge in [0.1, 0.15) is 0 Å². The van der Waals surface area contributed by atoms with Gasteiger partial charge in [0, 0.05) is 6.54 Å². The van der Waals surface area contributed by atoms with Crippen molar-refractivity contribution in [2.45, 2.75) is 23.7 Å². The molecule has 0 aliphatic carbocycles. The van der Waals surface area contributed by atoms with Crippen LogP contribution in [0.1, 0.15) is 17.3 Å². The van der Waals surface area contributed by atoms with Crippen LogP contribution in [0.3, 0.4) is 0 Å². The Morgan fingerprint density at radius 3 is 2.35 bits per heavy atom.